The van der Waals surface area contributed by atoms with Crippen molar-refractivity contribution in [1.82, 2.24) is 5.01 Å². The van der Waals surface area contributed by atoms with Crippen LogP contribution in [-0.4, -0.2) is 29.7 Å². The SMILES string of the molecule is CC1(c2ccccc2)CN(CC(=O)Nc2ccc(C(F)(F)F)c(Cl)c2)N=C1c1ccc(C(F)(F)F)c(Cl)c1. The van der Waals surface area contributed by atoms with E-state index in [2.05, 4.69) is 10.4 Å². The average molecular weight is 574 g/mol. The number of hydrogen-bond donors (Lipinski definition) is 1. The molecule has 1 aliphatic heterocycles. The monoisotopic (exact) mass is 573 g/mol. The van der Waals surface area contributed by atoms with Crippen LogP contribution in [-0.2, 0) is 22.6 Å². The van der Waals surface area contributed by atoms with Crippen molar-refractivity contribution < 1.29 is 31.1 Å². The van der Waals surface area contributed by atoms with E-state index in [4.69, 9.17) is 23.2 Å². The fourth-order valence-corrected chi connectivity index (χ4v) is 4.89. The molecule has 38 heavy (non-hydrogen) atoms. The average Bonchev–Trinajstić information content (AvgIpc) is 3.14. The first-order chi connectivity index (χ1) is 17.7. The molecule has 3 aromatic carbocycles. The molecule has 0 bridgehead atoms. The van der Waals surface area contributed by atoms with Gasteiger partial charge >= 0.3 is 12.4 Å². The summed E-state index contributed by atoms with van der Waals surface area (Å²) in [5, 5.41) is 7.43. The maximum atomic E-state index is 13.2. The number of carbonyl (C=O) groups excluding carboxylic acids is 1. The first kappa shape index (κ1) is 27.8. The van der Waals surface area contributed by atoms with Gasteiger partial charge in [-0.3, -0.25) is 9.80 Å². The number of hydrogen-bond acceptors (Lipinski definition) is 3. The van der Waals surface area contributed by atoms with E-state index in [1.54, 1.807) is 0 Å². The molecule has 1 unspecified atom stereocenters. The van der Waals surface area contributed by atoms with Gasteiger partial charge in [-0.05, 0) is 42.8 Å². The molecule has 200 valence electrons. The Labute approximate surface area is 223 Å². The summed E-state index contributed by atoms with van der Waals surface area (Å²) >= 11 is 11.7. The molecular weight excluding hydrogens is 555 g/mol. The van der Waals surface area contributed by atoms with Crippen LogP contribution in [0.3, 0.4) is 0 Å². The van der Waals surface area contributed by atoms with E-state index in [-0.39, 0.29) is 18.8 Å². The van der Waals surface area contributed by atoms with Gasteiger partial charge in [-0.2, -0.15) is 31.4 Å². The van der Waals surface area contributed by atoms with Crippen LogP contribution >= 0.6 is 23.2 Å². The Morgan fingerprint density at radius 3 is 2.05 bits per heavy atom. The molecule has 1 amide bonds. The number of benzene rings is 3. The molecule has 4 rings (SSSR count). The van der Waals surface area contributed by atoms with Gasteiger partial charge in [0.15, 0.2) is 0 Å². The topological polar surface area (TPSA) is 44.7 Å². The predicted molar refractivity (Wildman–Crippen MR) is 133 cm³/mol. The number of anilines is 1. The zero-order chi connectivity index (χ0) is 27.9. The summed E-state index contributed by atoms with van der Waals surface area (Å²) in [6.45, 7) is 1.77. The molecule has 0 aliphatic carbocycles. The van der Waals surface area contributed by atoms with Gasteiger partial charge in [0.25, 0.3) is 0 Å². The highest BCUT2D eigenvalue weighted by Gasteiger charge is 2.42. The first-order valence-corrected chi connectivity index (χ1v) is 11.9. The molecule has 1 atom stereocenters. The lowest BCUT2D eigenvalue weighted by Gasteiger charge is -2.27. The Kier molecular flexibility index (Phi) is 7.42. The highest BCUT2D eigenvalue weighted by atomic mass is 35.5. The van der Waals surface area contributed by atoms with Gasteiger partial charge in [0.2, 0.25) is 5.91 Å². The van der Waals surface area contributed by atoms with Crippen LogP contribution in [0.4, 0.5) is 32.0 Å². The van der Waals surface area contributed by atoms with Crippen molar-refractivity contribution >= 4 is 40.5 Å². The van der Waals surface area contributed by atoms with E-state index in [9.17, 15) is 31.1 Å². The summed E-state index contributed by atoms with van der Waals surface area (Å²) in [7, 11) is 0. The molecule has 12 heteroatoms. The third kappa shape index (κ3) is 5.76. The van der Waals surface area contributed by atoms with Crippen molar-refractivity contribution in [1.29, 1.82) is 0 Å². The fraction of sp³-hybridized carbons (Fsp3) is 0.231. The molecule has 1 N–H and O–H groups in total. The molecule has 0 saturated carbocycles. The highest BCUT2D eigenvalue weighted by Crippen LogP contribution is 2.39. The molecule has 0 radical (unpaired) electrons. The molecular formula is C26H19Cl2F6N3O. The van der Waals surface area contributed by atoms with Crippen molar-refractivity contribution in [3.63, 3.8) is 0 Å². The van der Waals surface area contributed by atoms with Crippen molar-refractivity contribution in [2.75, 3.05) is 18.4 Å². The zero-order valence-corrected chi connectivity index (χ0v) is 21.1. The lowest BCUT2D eigenvalue weighted by Crippen LogP contribution is -2.38. The number of amides is 1. The van der Waals surface area contributed by atoms with Crippen molar-refractivity contribution in [3.05, 3.63) is 99.0 Å². The second-order valence-electron chi connectivity index (χ2n) is 8.90. The van der Waals surface area contributed by atoms with E-state index < -0.39 is 44.8 Å². The normalized spacial score (nSPS) is 17.9. The number of halogens is 8. The van der Waals surface area contributed by atoms with E-state index >= 15 is 0 Å². The number of nitrogens with one attached hydrogen (secondary N) is 1. The molecule has 1 heterocycles. The summed E-state index contributed by atoms with van der Waals surface area (Å²) in [4.78, 5) is 12.7. The number of carbonyl (C=O) groups is 1. The number of hydrazone groups is 1. The van der Waals surface area contributed by atoms with Crippen LogP contribution in [0.25, 0.3) is 0 Å². The third-order valence-electron chi connectivity index (χ3n) is 6.11. The molecule has 3 aromatic rings. The maximum Gasteiger partial charge on any atom is 0.417 e. The van der Waals surface area contributed by atoms with Gasteiger partial charge in [-0.25, -0.2) is 0 Å². The molecule has 0 fully saturated rings. The van der Waals surface area contributed by atoms with E-state index in [1.807, 2.05) is 37.3 Å². The van der Waals surface area contributed by atoms with Gasteiger partial charge in [-0.15, -0.1) is 0 Å². The fourth-order valence-electron chi connectivity index (χ4n) is 4.31. The summed E-state index contributed by atoms with van der Waals surface area (Å²) < 4.78 is 78.6. The van der Waals surface area contributed by atoms with Crippen LogP contribution in [0.15, 0.2) is 71.8 Å². The summed E-state index contributed by atoms with van der Waals surface area (Å²) in [5.74, 6) is -0.577. The van der Waals surface area contributed by atoms with Crippen LogP contribution in [0.5, 0.6) is 0 Å². The molecule has 0 aromatic heterocycles. The van der Waals surface area contributed by atoms with Gasteiger partial charge in [0, 0.05) is 11.3 Å². The Bertz CT molecular complexity index is 1390. The quantitative estimate of drug-likeness (QED) is 0.319. The number of nitrogens with zero attached hydrogens (tertiary/aromatic N) is 2. The van der Waals surface area contributed by atoms with Gasteiger partial charge in [-0.1, -0.05) is 59.6 Å². The minimum atomic E-state index is -4.64. The van der Waals surface area contributed by atoms with Gasteiger partial charge < -0.3 is 5.32 Å². The van der Waals surface area contributed by atoms with Gasteiger partial charge in [0.05, 0.1) is 38.8 Å². The molecule has 0 spiro atoms. The summed E-state index contributed by atoms with van der Waals surface area (Å²) in [5.41, 5.74) is -1.18. The highest BCUT2D eigenvalue weighted by molar-refractivity contribution is 6.32. The lowest BCUT2D eigenvalue weighted by molar-refractivity contribution is -0.138. The minimum Gasteiger partial charge on any atom is -0.324 e. The Balaban J connectivity index is 1.61. The first-order valence-electron chi connectivity index (χ1n) is 11.1. The third-order valence-corrected chi connectivity index (χ3v) is 6.73. The lowest BCUT2D eigenvalue weighted by atomic mass is 9.76. The minimum absolute atomic E-state index is 0.0664. The number of rotatable bonds is 5. The van der Waals surface area contributed by atoms with Gasteiger partial charge in [0.1, 0.15) is 6.54 Å². The Morgan fingerprint density at radius 1 is 0.921 bits per heavy atom. The second kappa shape index (κ2) is 10.1. The Hall–Kier alpha value is -3.24. The van der Waals surface area contributed by atoms with Crippen LogP contribution in [0.1, 0.15) is 29.2 Å². The Morgan fingerprint density at radius 2 is 1.50 bits per heavy atom. The summed E-state index contributed by atoms with van der Waals surface area (Å²) in [6, 6.07) is 15.3. The van der Waals surface area contributed by atoms with Crippen LogP contribution < -0.4 is 5.32 Å². The second-order valence-corrected chi connectivity index (χ2v) is 9.72. The molecule has 1 aliphatic rings. The molecule has 4 nitrogen and oxygen atoms in total. The van der Waals surface area contributed by atoms with E-state index in [0.29, 0.717) is 11.3 Å². The van der Waals surface area contributed by atoms with Crippen LogP contribution in [0, 0.1) is 0 Å². The standard InChI is InChI=1S/C26H19Cl2F6N3O/c1-24(16-5-3-2-4-6-16)14-37(36-23(24)15-7-9-18(20(27)11-15)25(29,30)31)13-22(38)35-17-8-10-19(21(28)12-17)26(32,33)34/h2-12H,13-14H2,1H3,(H,35,38). The van der Waals surface area contributed by atoms with Crippen molar-refractivity contribution in [2.24, 2.45) is 5.10 Å². The van der Waals surface area contributed by atoms with E-state index in [1.165, 1.54) is 17.1 Å². The predicted octanol–water partition coefficient (Wildman–Crippen LogP) is 7.65. The smallest absolute Gasteiger partial charge is 0.324 e. The largest absolute Gasteiger partial charge is 0.417 e. The zero-order valence-electron chi connectivity index (χ0n) is 19.6. The maximum absolute atomic E-state index is 13.2. The van der Waals surface area contributed by atoms with Crippen molar-refractivity contribution in [3.8, 4) is 0 Å². The van der Waals surface area contributed by atoms with Crippen LogP contribution in [0.2, 0.25) is 10.0 Å². The van der Waals surface area contributed by atoms with E-state index in [0.717, 1.165) is 29.8 Å². The van der Waals surface area contributed by atoms with Crippen molar-refractivity contribution in [2.45, 2.75) is 24.7 Å². The molecule has 0 saturated heterocycles. The number of alkyl halides is 6. The summed E-state index contributed by atoms with van der Waals surface area (Å²) in [6.07, 6.45) is -9.26.